The fraction of sp³-hybridized carbons (Fsp3) is 0.476. The number of nitrogens with two attached hydrogens (primary N) is 2. The number of aliphatic imine (C=N–C) groups is 1. The van der Waals surface area contributed by atoms with Crippen LogP contribution in [0.2, 0.25) is 0 Å². The van der Waals surface area contributed by atoms with Crippen LogP contribution in [-0.2, 0) is 51.2 Å². The van der Waals surface area contributed by atoms with Gasteiger partial charge in [-0.05, 0) is 23.6 Å². The lowest BCUT2D eigenvalue weighted by molar-refractivity contribution is -0.0545. The maximum atomic E-state index is 16.1. The number of hydrogen-bond donors (Lipinski definition) is 5. The summed E-state index contributed by atoms with van der Waals surface area (Å²) in [5.74, 6) is 0.289. The smallest absolute Gasteiger partial charge is 0.325 e. The predicted octanol–water partition coefficient (Wildman–Crippen LogP) is 1.48. The van der Waals surface area contributed by atoms with Gasteiger partial charge in [0.05, 0.1) is 31.6 Å². The van der Waals surface area contributed by atoms with Crippen molar-refractivity contribution in [1.29, 1.82) is 0 Å². The molecule has 3 aromatic heterocycles. The molecular weight excluding hydrogens is 700 g/mol. The van der Waals surface area contributed by atoms with Crippen molar-refractivity contribution in [2.75, 3.05) is 18.9 Å². The first kappa shape index (κ1) is 31.4. The van der Waals surface area contributed by atoms with Gasteiger partial charge in [0.2, 0.25) is 5.69 Å². The summed E-state index contributed by atoms with van der Waals surface area (Å²) in [5.41, 5.74) is 9.23. The van der Waals surface area contributed by atoms with E-state index in [4.69, 9.17) is 62.6 Å². The fourth-order valence-corrected chi connectivity index (χ4v) is 8.74. The van der Waals surface area contributed by atoms with Crippen molar-refractivity contribution in [1.82, 2.24) is 34.4 Å². The highest BCUT2D eigenvalue weighted by Crippen LogP contribution is 2.59. The molecule has 7 rings (SSSR count). The normalized spacial score (nSPS) is 38.8. The summed E-state index contributed by atoms with van der Waals surface area (Å²) >= 11 is 15.1. The molecule has 2 unspecified atom stereocenters. The summed E-state index contributed by atoms with van der Waals surface area (Å²) in [6.45, 7) is -1.33. The molecule has 4 aliphatic heterocycles. The average Bonchev–Trinajstić information content (AvgIpc) is 3.72. The first-order chi connectivity index (χ1) is 21.3. The second-order valence-electron chi connectivity index (χ2n) is 10.2. The van der Waals surface area contributed by atoms with Crippen LogP contribution in [0.15, 0.2) is 30.6 Å². The molecule has 3 aromatic rings. The number of ether oxygens (including phenoxy) is 2. The van der Waals surface area contributed by atoms with Gasteiger partial charge in [0.25, 0.3) is 0 Å². The van der Waals surface area contributed by atoms with Gasteiger partial charge in [-0.2, -0.15) is 4.99 Å². The Balaban J connectivity index is 1.16. The van der Waals surface area contributed by atoms with Crippen molar-refractivity contribution >= 4 is 82.7 Å². The molecular formula is C21H24F2N10O7P2S3. The SMILES string of the molecule is C=C1NC(N)=Nc2c1ncn2[C@@H]1O[C@@H]2COP(O)(=S)O[C@H]3[C@@H](F)[C@H](n4cnc5c(N)ncnc54)O[C@@H]3COP(=S)(S)O[C@H]2[C@H]1F. The maximum Gasteiger partial charge on any atom is 0.325 e. The Labute approximate surface area is 267 Å². The number of imidazole rings is 2. The van der Waals surface area contributed by atoms with E-state index in [2.05, 4.69) is 49.1 Å². The molecule has 0 bridgehead atoms. The monoisotopic (exact) mass is 724 g/mol. The summed E-state index contributed by atoms with van der Waals surface area (Å²) in [6.07, 6.45) is -8.11. The molecule has 3 saturated heterocycles. The number of nitrogens with zero attached hydrogens (tertiary/aromatic N) is 7. The number of nitrogens with one attached hydrogen (secondary N) is 1. The topological polar surface area (TPSA) is 213 Å². The summed E-state index contributed by atoms with van der Waals surface area (Å²) in [4.78, 5) is 31.5. The minimum absolute atomic E-state index is 0.0194. The van der Waals surface area contributed by atoms with E-state index >= 15 is 8.78 Å². The number of nitrogen functional groups attached to an aromatic ring is 1. The van der Waals surface area contributed by atoms with Crippen LogP contribution in [0.5, 0.6) is 0 Å². The van der Waals surface area contributed by atoms with E-state index in [1.165, 1.54) is 28.1 Å². The van der Waals surface area contributed by atoms with E-state index in [0.29, 0.717) is 11.4 Å². The predicted molar refractivity (Wildman–Crippen MR) is 164 cm³/mol. The summed E-state index contributed by atoms with van der Waals surface area (Å²) in [7, 11) is 0. The number of halogens is 2. The molecule has 242 valence electrons. The molecule has 6 N–H and O–H groups in total. The number of fused-ring (bicyclic) bond motifs is 4. The van der Waals surface area contributed by atoms with E-state index in [-0.39, 0.29) is 28.8 Å². The third kappa shape index (κ3) is 5.70. The highest BCUT2D eigenvalue weighted by atomic mass is 32.9. The number of anilines is 1. The zero-order chi connectivity index (χ0) is 31.8. The standard InChI is InChI=1S/C21H24F2N10O7P2S3/c1-7-12-18(31-21(25)30-7)33(5-28-12)20-11(23)15-8(37-20)2-35-41(34,43)39-14-9(3-36-42(44,45)40-15)38-19(10(14)22)32-6-29-13-16(24)26-4-27-17(13)32/h4-6,8-11,14-15,19-20H,1-3H2,(H,34,43)(H,44,45)(H2,24,26,27)(H3,25,30,31)/t8-,9-,10-,11-,14-,15-,19-,20-,41?/m1/s1. The molecule has 10 atom stereocenters. The van der Waals surface area contributed by atoms with Gasteiger partial charge in [0.1, 0.15) is 42.0 Å². The van der Waals surface area contributed by atoms with Crippen LogP contribution in [0, 0.1) is 0 Å². The first-order valence-corrected chi connectivity index (χ1v) is 19.4. The van der Waals surface area contributed by atoms with Crippen LogP contribution in [0.1, 0.15) is 18.1 Å². The Bertz CT molecular complexity index is 1820. The third-order valence-corrected chi connectivity index (χ3v) is 11.1. The van der Waals surface area contributed by atoms with Gasteiger partial charge in [-0.1, -0.05) is 18.8 Å². The number of alkyl halides is 2. The second kappa shape index (κ2) is 11.5. The minimum Gasteiger partial charge on any atom is -0.382 e. The zero-order valence-electron chi connectivity index (χ0n) is 22.6. The maximum absolute atomic E-state index is 16.1. The Kier molecular flexibility index (Phi) is 8.02. The molecule has 45 heavy (non-hydrogen) atoms. The molecule has 0 spiro atoms. The summed E-state index contributed by atoms with van der Waals surface area (Å²) in [5, 5.41) is 2.74. The van der Waals surface area contributed by atoms with Crippen LogP contribution in [0.3, 0.4) is 0 Å². The Morgan fingerprint density at radius 3 is 2.36 bits per heavy atom. The minimum atomic E-state index is -4.21. The number of rotatable bonds is 2. The van der Waals surface area contributed by atoms with E-state index in [1.54, 1.807) is 0 Å². The van der Waals surface area contributed by atoms with Gasteiger partial charge in [0, 0.05) is 0 Å². The molecule has 0 radical (unpaired) electrons. The second-order valence-corrected chi connectivity index (χ2v) is 18.2. The molecule has 0 aromatic carbocycles. The van der Waals surface area contributed by atoms with Crippen LogP contribution < -0.4 is 16.8 Å². The molecule has 24 heteroatoms. The van der Waals surface area contributed by atoms with Crippen molar-refractivity contribution in [3.8, 4) is 0 Å². The third-order valence-electron chi connectivity index (χ3n) is 7.34. The summed E-state index contributed by atoms with van der Waals surface area (Å²) < 4.78 is 69.6. The Morgan fingerprint density at radius 1 is 0.978 bits per heavy atom. The Hall–Kier alpha value is -2.20. The van der Waals surface area contributed by atoms with E-state index in [0.717, 1.165) is 0 Å². The molecule has 0 amide bonds. The van der Waals surface area contributed by atoms with E-state index in [1.807, 2.05) is 0 Å². The van der Waals surface area contributed by atoms with Gasteiger partial charge in [-0.25, -0.2) is 28.7 Å². The number of thiol groups is 1. The van der Waals surface area contributed by atoms with Crippen molar-refractivity contribution < 1.29 is 41.2 Å². The molecule has 17 nitrogen and oxygen atoms in total. The van der Waals surface area contributed by atoms with Gasteiger partial charge >= 0.3 is 6.72 Å². The van der Waals surface area contributed by atoms with Crippen LogP contribution in [0.25, 0.3) is 16.9 Å². The highest BCUT2D eigenvalue weighted by Gasteiger charge is 2.53. The van der Waals surface area contributed by atoms with Crippen molar-refractivity contribution in [3.05, 3.63) is 31.3 Å². The lowest BCUT2D eigenvalue weighted by Gasteiger charge is -2.30. The summed E-state index contributed by atoms with van der Waals surface area (Å²) in [6, 6.07) is 0. The molecule has 3 fully saturated rings. The lowest BCUT2D eigenvalue weighted by atomic mass is 10.1. The van der Waals surface area contributed by atoms with E-state index in [9.17, 15) is 4.89 Å². The van der Waals surface area contributed by atoms with Gasteiger partial charge < -0.3 is 44.7 Å². The molecule has 0 saturated carbocycles. The van der Waals surface area contributed by atoms with Crippen LogP contribution in [0.4, 0.5) is 20.4 Å². The van der Waals surface area contributed by atoms with Gasteiger partial charge in [0.15, 0.2) is 48.0 Å². The number of aromatic nitrogens is 6. The van der Waals surface area contributed by atoms with Crippen molar-refractivity contribution in [2.45, 2.75) is 49.2 Å². The zero-order valence-corrected chi connectivity index (χ0v) is 26.9. The van der Waals surface area contributed by atoms with E-state index < -0.39 is 74.8 Å². The quantitative estimate of drug-likeness (QED) is 0.187. The van der Waals surface area contributed by atoms with Crippen molar-refractivity contribution in [2.24, 2.45) is 10.7 Å². The molecule has 0 aliphatic carbocycles. The van der Waals surface area contributed by atoms with Crippen molar-refractivity contribution in [3.63, 3.8) is 0 Å². The molecule has 4 aliphatic rings. The largest absolute Gasteiger partial charge is 0.382 e. The molecule has 7 heterocycles. The Morgan fingerprint density at radius 2 is 1.62 bits per heavy atom. The fourth-order valence-electron chi connectivity index (χ4n) is 5.34. The van der Waals surface area contributed by atoms with Crippen LogP contribution >= 0.6 is 24.7 Å². The highest BCUT2D eigenvalue weighted by molar-refractivity contribution is 8.60. The van der Waals surface area contributed by atoms with Gasteiger partial charge in [-0.3, -0.25) is 13.7 Å². The number of guanidine groups is 1. The van der Waals surface area contributed by atoms with Gasteiger partial charge in [-0.15, -0.1) is 0 Å². The van der Waals surface area contributed by atoms with Crippen LogP contribution in [-0.4, -0.2) is 89.9 Å². The first-order valence-electron chi connectivity index (χ1n) is 13.0. The average molecular weight is 725 g/mol. The lowest BCUT2D eigenvalue weighted by Crippen LogP contribution is -2.37. The number of hydrogen-bond acceptors (Lipinski definition) is 16.